The van der Waals surface area contributed by atoms with E-state index < -0.39 is 11.9 Å². The Kier molecular flexibility index (Phi) is 7.78. The molecule has 200 valence electrons. The number of amides is 3. The van der Waals surface area contributed by atoms with Gasteiger partial charge in [0.15, 0.2) is 11.7 Å². The van der Waals surface area contributed by atoms with Crippen LogP contribution in [0.2, 0.25) is 0 Å². The molecule has 10 heteroatoms. The molecule has 9 nitrogen and oxygen atoms in total. The molecule has 1 atom stereocenters. The van der Waals surface area contributed by atoms with Crippen molar-refractivity contribution in [1.82, 2.24) is 15.0 Å². The number of nitrogens with zero attached hydrogens (tertiary/aromatic N) is 2. The van der Waals surface area contributed by atoms with Gasteiger partial charge in [0.1, 0.15) is 10.6 Å². The first-order valence-corrected chi connectivity index (χ1v) is 14.0. The lowest BCUT2D eigenvalue weighted by Gasteiger charge is -2.31. The second-order valence-corrected chi connectivity index (χ2v) is 10.9. The van der Waals surface area contributed by atoms with Crippen LogP contribution in [0.1, 0.15) is 88.9 Å². The number of aromatic nitrogens is 1. The molecule has 0 saturated heterocycles. The lowest BCUT2D eigenvalue weighted by molar-refractivity contribution is -0.123. The van der Waals surface area contributed by atoms with E-state index >= 15 is 0 Å². The highest BCUT2D eigenvalue weighted by Gasteiger charge is 2.39. The molecular formula is C28H33N5O4S. The van der Waals surface area contributed by atoms with Crippen molar-refractivity contribution in [3.05, 3.63) is 64.6 Å². The summed E-state index contributed by atoms with van der Waals surface area (Å²) in [7, 11) is 0. The van der Waals surface area contributed by atoms with Crippen molar-refractivity contribution in [3.63, 3.8) is 0 Å². The van der Waals surface area contributed by atoms with Gasteiger partial charge in [0.2, 0.25) is 0 Å². The van der Waals surface area contributed by atoms with Crippen LogP contribution in [0.3, 0.4) is 0 Å². The smallest absolute Gasteiger partial charge is 0.273 e. The largest absolute Gasteiger partial charge is 0.467 e. The topological polar surface area (TPSA) is 131 Å². The van der Waals surface area contributed by atoms with E-state index in [2.05, 4.69) is 15.0 Å². The Morgan fingerprint density at radius 1 is 1.00 bits per heavy atom. The van der Waals surface area contributed by atoms with E-state index in [1.807, 2.05) is 25.1 Å². The highest BCUT2D eigenvalue weighted by atomic mass is 32.1. The minimum atomic E-state index is -1.07. The Bertz CT molecular complexity index is 1290. The number of rotatable bonds is 8. The molecule has 3 aromatic rings. The molecule has 1 aromatic carbocycles. The molecule has 2 aliphatic rings. The summed E-state index contributed by atoms with van der Waals surface area (Å²) in [5.41, 5.74) is 7.78. The Morgan fingerprint density at radius 3 is 2.29 bits per heavy atom. The number of benzene rings is 1. The van der Waals surface area contributed by atoms with Gasteiger partial charge in [-0.3, -0.25) is 19.3 Å². The van der Waals surface area contributed by atoms with Crippen molar-refractivity contribution in [2.45, 2.75) is 76.4 Å². The molecule has 0 spiro atoms. The van der Waals surface area contributed by atoms with Gasteiger partial charge in [-0.15, -0.1) is 0 Å². The van der Waals surface area contributed by atoms with E-state index in [9.17, 15) is 14.4 Å². The summed E-state index contributed by atoms with van der Waals surface area (Å²) in [5.74, 6) is -0.893. The third-order valence-corrected chi connectivity index (χ3v) is 8.29. The lowest BCUT2D eigenvalue weighted by Crippen LogP contribution is -2.46. The summed E-state index contributed by atoms with van der Waals surface area (Å²) in [5, 5.41) is 6.10. The molecule has 38 heavy (non-hydrogen) atoms. The van der Waals surface area contributed by atoms with Gasteiger partial charge in [-0.05, 0) is 67.9 Å². The molecule has 2 saturated carbocycles. The van der Waals surface area contributed by atoms with E-state index in [1.54, 1.807) is 18.2 Å². The van der Waals surface area contributed by atoms with Gasteiger partial charge in [-0.1, -0.05) is 43.9 Å². The zero-order valence-corrected chi connectivity index (χ0v) is 22.3. The summed E-state index contributed by atoms with van der Waals surface area (Å²) in [4.78, 5) is 42.5. The fourth-order valence-corrected chi connectivity index (χ4v) is 6.15. The van der Waals surface area contributed by atoms with Crippen LogP contribution < -0.4 is 21.3 Å². The van der Waals surface area contributed by atoms with Gasteiger partial charge in [-0.2, -0.15) is 4.37 Å². The fourth-order valence-electron chi connectivity index (χ4n) is 5.42. The molecule has 2 aliphatic carbocycles. The fraction of sp³-hybridized carbons (Fsp3) is 0.429. The number of nitrogens with one attached hydrogen (secondary N) is 2. The number of carbonyl (C=O) groups is 3. The number of hydrogen-bond acceptors (Lipinski definition) is 7. The molecule has 0 unspecified atom stereocenters. The minimum Gasteiger partial charge on any atom is -0.467 e. The molecule has 0 aliphatic heterocycles. The molecule has 0 radical (unpaired) electrons. The maximum absolute atomic E-state index is 14.2. The summed E-state index contributed by atoms with van der Waals surface area (Å²) in [6.45, 7) is 1.88. The predicted octanol–water partition coefficient (Wildman–Crippen LogP) is 4.75. The SMILES string of the molecule is Cc1ccccc1N(C(=O)c1snc(C(=O)NC2CCCC2)c1N)[C@@H](C(=O)NC1CCCC1)c1ccco1. The van der Waals surface area contributed by atoms with E-state index in [4.69, 9.17) is 10.2 Å². The van der Waals surface area contributed by atoms with E-state index in [0.29, 0.717) is 11.4 Å². The Morgan fingerprint density at radius 2 is 1.66 bits per heavy atom. The Balaban J connectivity index is 1.52. The molecular weight excluding hydrogens is 502 g/mol. The summed E-state index contributed by atoms with van der Waals surface area (Å²) < 4.78 is 9.96. The second kappa shape index (κ2) is 11.4. The monoisotopic (exact) mass is 535 g/mol. The number of nitrogen functional groups attached to an aromatic ring is 1. The number of anilines is 2. The first kappa shape index (κ1) is 26.0. The Hall–Kier alpha value is -3.66. The molecule has 2 fully saturated rings. The van der Waals surface area contributed by atoms with Crippen molar-refractivity contribution >= 4 is 40.6 Å². The minimum absolute atomic E-state index is 0.0171. The third kappa shape index (κ3) is 5.31. The van der Waals surface area contributed by atoms with Crippen molar-refractivity contribution in [3.8, 4) is 0 Å². The quantitative estimate of drug-likeness (QED) is 0.382. The van der Waals surface area contributed by atoms with Gasteiger partial charge < -0.3 is 20.8 Å². The van der Waals surface area contributed by atoms with E-state index in [1.165, 1.54) is 11.2 Å². The summed E-state index contributed by atoms with van der Waals surface area (Å²) in [6, 6.07) is 9.80. The first-order valence-electron chi connectivity index (χ1n) is 13.2. The van der Waals surface area contributed by atoms with Gasteiger partial charge in [0.25, 0.3) is 17.7 Å². The average Bonchev–Trinajstić information content (AvgIpc) is 3.71. The maximum atomic E-state index is 14.2. The van der Waals surface area contributed by atoms with Gasteiger partial charge in [0, 0.05) is 17.8 Å². The number of para-hydroxylation sites is 1. The highest BCUT2D eigenvalue weighted by Crippen LogP contribution is 2.35. The second-order valence-electron chi connectivity index (χ2n) is 10.1. The van der Waals surface area contributed by atoms with Crippen LogP contribution in [0.25, 0.3) is 0 Å². The zero-order valence-electron chi connectivity index (χ0n) is 21.4. The van der Waals surface area contributed by atoms with Crippen LogP contribution in [-0.4, -0.2) is 34.2 Å². The van der Waals surface area contributed by atoms with Gasteiger partial charge in [-0.25, -0.2) is 0 Å². The van der Waals surface area contributed by atoms with Crippen molar-refractivity contribution < 1.29 is 18.8 Å². The number of furan rings is 1. The third-order valence-electron chi connectivity index (χ3n) is 7.44. The molecule has 5 rings (SSSR count). The van der Waals surface area contributed by atoms with Crippen LogP contribution in [-0.2, 0) is 4.79 Å². The molecule has 3 amide bonds. The van der Waals surface area contributed by atoms with Crippen molar-refractivity contribution in [2.24, 2.45) is 0 Å². The zero-order chi connectivity index (χ0) is 26.6. The number of carbonyl (C=O) groups excluding carboxylic acids is 3. The normalized spacial score (nSPS) is 16.9. The van der Waals surface area contributed by atoms with Crippen LogP contribution in [0, 0.1) is 6.92 Å². The standard InChI is InChI=1S/C28H33N5O4S/c1-17-9-2-7-14-20(17)33(24(21-15-8-16-37-21)27(35)31-19-12-5-6-13-19)28(36)25-22(29)23(32-38-25)26(34)30-18-10-3-4-11-18/h2,7-9,14-16,18-19,24H,3-6,10-13,29H2,1H3,(H,30,34)(H,31,35)/t24-/m1/s1. The number of aryl methyl sites for hydroxylation is 1. The number of hydrogen-bond donors (Lipinski definition) is 3. The van der Waals surface area contributed by atoms with Crippen LogP contribution >= 0.6 is 11.5 Å². The highest BCUT2D eigenvalue weighted by molar-refractivity contribution is 7.09. The molecule has 2 heterocycles. The number of nitrogens with two attached hydrogens (primary N) is 1. The van der Waals surface area contributed by atoms with Crippen LogP contribution in [0.15, 0.2) is 47.1 Å². The Labute approximate surface area is 225 Å². The summed E-state index contributed by atoms with van der Waals surface area (Å²) in [6.07, 6.45) is 9.38. The molecule has 4 N–H and O–H groups in total. The molecule has 0 bridgehead atoms. The molecule has 2 aromatic heterocycles. The van der Waals surface area contributed by atoms with Crippen molar-refractivity contribution in [2.75, 3.05) is 10.6 Å². The van der Waals surface area contributed by atoms with Crippen LogP contribution in [0.5, 0.6) is 0 Å². The predicted molar refractivity (Wildman–Crippen MR) is 146 cm³/mol. The first-order chi connectivity index (χ1) is 18.4. The summed E-state index contributed by atoms with van der Waals surface area (Å²) >= 11 is 0.869. The van der Waals surface area contributed by atoms with Crippen LogP contribution in [0.4, 0.5) is 11.4 Å². The average molecular weight is 536 g/mol. The van der Waals surface area contributed by atoms with Crippen molar-refractivity contribution in [1.29, 1.82) is 0 Å². The maximum Gasteiger partial charge on any atom is 0.273 e. The van der Waals surface area contributed by atoms with E-state index in [-0.39, 0.29) is 40.2 Å². The van der Waals surface area contributed by atoms with E-state index in [0.717, 1.165) is 68.5 Å². The van der Waals surface area contributed by atoms with Gasteiger partial charge in [0.05, 0.1) is 12.0 Å². The van der Waals surface area contributed by atoms with Gasteiger partial charge >= 0.3 is 0 Å². The lowest BCUT2D eigenvalue weighted by atomic mass is 10.1.